The van der Waals surface area contributed by atoms with Crippen molar-refractivity contribution in [2.45, 2.75) is 24.9 Å². The normalized spacial score (nSPS) is 20.3. The summed E-state index contributed by atoms with van der Waals surface area (Å²) < 4.78 is 49.1. The third-order valence-corrected chi connectivity index (χ3v) is 5.38. The van der Waals surface area contributed by atoms with Crippen LogP contribution in [-0.4, -0.2) is 53.3 Å². The van der Waals surface area contributed by atoms with Crippen molar-refractivity contribution in [1.29, 1.82) is 0 Å². The molecule has 3 aliphatic rings. The summed E-state index contributed by atoms with van der Waals surface area (Å²) in [6.45, 7) is 0.884. The van der Waals surface area contributed by atoms with E-state index in [1.807, 2.05) is 0 Å². The van der Waals surface area contributed by atoms with Crippen molar-refractivity contribution in [1.82, 2.24) is 15.3 Å². The van der Waals surface area contributed by atoms with Crippen molar-refractivity contribution in [2.75, 3.05) is 31.1 Å². The van der Waals surface area contributed by atoms with E-state index in [0.29, 0.717) is 0 Å². The molecule has 0 atom stereocenters. The Hall–Kier alpha value is -2.88. The van der Waals surface area contributed by atoms with E-state index < -0.39 is 30.2 Å². The maximum Gasteiger partial charge on any atom is 0.290 e. The van der Waals surface area contributed by atoms with Gasteiger partial charge in [-0.15, -0.1) is 0 Å². The molecule has 0 unspecified atom stereocenters. The molecule has 0 spiro atoms. The number of ether oxygens (including phenoxy) is 1. The molecule has 1 aromatic heterocycles. The van der Waals surface area contributed by atoms with E-state index in [4.69, 9.17) is 4.74 Å². The number of hydrogen-bond donors (Lipinski definition) is 2. The highest BCUT2D eigenvalue weighted by molar-refractivity contribution is 5.98. The van der Waals surface area contributed by atoms with Gasteiger partial charge in [0, 0.05) is 30.6 Å². The number of fused-ring (bicyclic) bond motifs is 2. The molecule has 1 fully saturated rings. The number of amides is 1. The predicted octanol–water partition coefficient (Wildman–Crippen LogP) is 1.62. The van der Waals surface area contributed by atoms with Crippen LogP contribution in [0.2, 0.25) is 0 Å². The van der Waals surface area contributed by atoms with Gasteiger partial charge in [0.15, 0.2) is 0 Å². The Labute approximate surface area is 163 Å². The minimum Gasteiger partial charge on any atom is -0.491 e. The molecule has 0 radical (unpaired) electrons. The number of rotatable bonds is 2. The van der Waals surface area contributed by atoms with E-state index in [1.54, 1.807) is 4.90 Å². The van der Waals surface area contributed by atoms with Crippen LogP contribution in [0.3, 0.4) is 0 Å². The topological polar surface area (TPSA) is 87.6 Å². The number of nitrogens with one attached hydrogen (secondary N) is 1. The SMILES string of the molecule is O=C1NCCOc2cc(-c3nc(N4CC(O)C4)nc4c3CCC4(F)F)cc(F)c21. The lowest BCUT2D eigenvalue weighted by Gasteiger charge is -2.36. The zero-order chi connectivity index (χ0) is 20.3. The van der Waals surface area contributed by atoms with Crippen LogP contribution in [0.15, 0.2) is 12.1 Å². The Morgan fingerprint density at radius 3 is 2.83 bits per heavy atom. The number of β-amino-alcohol motifs (C(OH)–C–C–N with tert-alkyl or cyclic N) is 1. The molecule has 5 rings (SSSR count). The summed E-state index contributed by atoms with van der Waals surface area (Å²) in [5.41, 5.74) is 0.117. The molecule has 0 bridgehead atoms. The number of carbonyl (C=O) groups excluding carboxylic acids is 1. The fourth-order valence-electron chi connectivity index (χ4n) is 3.88. The number of nitrogens with zero attached hydrogens (tertiary/aromatic N) is 3. The lowest BCUT2D eigenvalue weighted by atomic mass is 10.0. The number of benzene rings is 1. The maximum absolute atomic E-state index is 14.8. The van der Waals surface area contributed by atoms with Crippen LogP contribution in [0.5, 0.6) is 5.75 Å². The summed E-state index contributed by atoms with van der Waals surface area (Å²) in [4.78, 5) is 22.1. The fraction of sp³-hybridized carbons (Fsp3) is 0.421. The van der Waals surface area contributed by atoms with E-state index >= 15 is 0 Å². The zero-order valence-electron chi connectivity index (χ0n) is 15.2. The number of aliphatic hydroxyl groups excluding tert-OH is 1. The van der Waals surface area contributed by atoms with Gasteiger partial charge in [-0.2, -0.15) is 8.78 Å². The molecule has 1 saturated heterocycles. The van der Waals surface area contributed by atoms with E-state index in [0.717, 1.165) is 6.07 Å². The van der Waals surface area contributed by atoms with Crippen molar-refractivity contribution in [3.8, 4) is 17.0 Å². The second-order valence-corrected chi connectivity index (χ2v) is 7.40. The van der Waals surface area contributed by atoms with Crippen LogP contribution in [0.4, 0.5) is 19.1 Å². The first-order valence-electron chi connectivity index (χ1n) is 9.30. The number of halogens is 3. The van der Waals surface area contributed by atoms with Crippen LogP contribution in [0, 0.1) is 5.82 Å². The Balaban J connectivity index is 1.67. The number of hydrogen-bond acceptors (Lipinski definition) is 6. The second-order valence-electron chi connectivity index (χ2n) is 7.40. The van der Waals surface area contributed by atoms with Gasteiger partial charge < -0.3 is 20.1 Å². The van der Waals surface area contributed by atoms with Gasteiger partial charge in [-0.3, -0.25) is 4.79 Å². The quantitative estimate of drug-likeness (QED) is 0.788. The molecule has 2 N–H and O–H groups in total. The van der Waals surface area contributed by atoms with Crippen LogP contribution < -0.4 is 15.0 Å². The van der Waals surface area contributed by atoms with Crippen molar-refractivity contribution in [2.24, 2.45) is 0 Å². The first kappa shape index (κ1) is 18.2. The zero-order valence-corrected chi connectivity index (χ0v) is 15.2. The highest BCUT2D eigenvalue weighted by Gasteiger charge is 2.44. The summed E-state index contributed by atoms with van der Waals surface area (Å²) in [5, 5.41) is 12.1. The van der Waals surface area contributed by atoms with Crippen molar-refractivity contribution in [3.63, 3.8) is 0 Å². The minimum atomic E-state index is -3.11. The summed E-state index contributed by atoms with van der Waals surface area (Å²) in [5.74, 6) is -4.38. The Kier molecular flexibility index (Phi) is 3.95. The molecule has 1 aliphatic carbocycles. The monoisotopic (exact) mass is 406 g/mol. The van der Waals surface area contributed by atoms with Gasteiger partial charge in [0.2, 0.25) is 5.95 Å². The molecule has 29 heavy (non-hydrogen) atoms. The number of carbonyl (C=O) groups is 1. The van der Waals surface area contributed by atoms with Crippen molar-refractivity contribution >= 4 is 11.9 Å². The van der Waals surface area contributed by atoms with Crippen LogP contribution in [0.1, 0.15) is 28.0 Å². The van der Waals surface area contributed by atoms with Crippen LogP contribution >= 0.6 is 0 Å². The van der Waals surface area contributed by atoms with Gasteiger partial charge >= 0.3 is 0 Å². The average molecular weight is 406 g/mol. The standard InChI is InChI=1S/C19H17F3N4O3/c20-12-5-9(6-13-14(12)17(28)23-3-4-29-13)15-11-1-2-19(21,22)16(11)25-18(24-15)26-7-10(27)8-26/h5-6,10,27H,1-4,7-8H2,(H,23,28). The third-order valence-electron chi connectivity index (χ3n) is 5.38. The molecule has 3 heterocycles. The lowest BCUT2D eigenvalue weighted by Crippen LogP contribution is -2.51. The maximum atomic E-state index is 14.8. The molecule has 1 amide bonds. The molecular formula is C19H17F3N4O3. The summed E-state index contributed by atoms with van der Waals surface area (Å²) in [6, 6.07) is 2.57. The van der Waals surface area contributed by atoms with Gasteiger partial charge in [0.05, 0.1) is 18.3 Å². The Morgan fingerprint density at radius 2 is 2.07 bits per heavy atom. The highest BCUT2D eigenvalue weighted by atomic mass is 19.3. The number of aromatic nitrogens is 2. The van der Waals surface area contributed by atoms with Crippen molar-refractivity contribution in [3.05, 3.63) is 34.8 Å². The molecule has 0 saturated carbocycles. The molecule has 7 nitrogen and oxygen atoms in total. The Bertz CT molecular complexity index is 1020. The summed E-state index contributed by atoms with van der Waals surface area (Å²) in [7, 11) is 0. The summed E-state index contributed by atoms with van der Waals surface area (Å²) in [6.07, 6.45) is -0.907. The Morgan fingerprint density at radius 1 is 1.28 bits per heavy atom. The second kappa shape index (κ2) is 6.31. The van der Waals surface area contributed by atoms with E-state index in [-0.39, 0.29) is 72.4 Å². The molecule has 1 aromatic carbocycles. The smallest absolute Gasteiger partial charge is 0.290 e. The number of aliphatic hydroxyl groups is 1. The van der Waals surface area contributed by atoms with E-state index in [1.165, 1.54) is 6.07 Å². The largest absolute Gasteiger partial charge is 0.491 e. The first-order chi connectivity index (χ1) is 13.8. The first-order valence-corrected chi connectivity index (χ1v) is 9.30. The van der Waals surface area contributed by atoms with Gasteiger partial charge in [0.1, 0.15) is 29.4 Å². The third kappa shape index (κ3) is 2.89. The highest BCUT2D eigenvalue weighted by Crippen LogP contribution is 2.45. The molecule has 2 aromatic rings. The number of alkyl halides is 2. The molecule has 10 heteroatoms. The van der Waals surface area contributed by atoms with Gasteiger partial charge in [-0.1, -0.05) is 0 Å². The fourth-order valence-corrected chi connectivity index (χ4v) is 3.88. The van der Waals surface area contributed by atoms with E-state index in [9.17, 15) is 23.1 Å². The number of anilines is 1. The average Bonchev–Trinajstić information content (AvgIpc) is 2.83. The predicted molar refractivity (Wildman–Crippen MR) is 95.7 cm³/mol. The van der Waals surface area contributed by atoms with Crippen LogP contribution in [0.25, 0.3) is 11.3 Å². The molecule has 2 aliphatic heterocycles. The molecular weight excluding hydrogens is 389 g/mol. The lowest BCUT2D eigenvalue weighted by molar-refractivity contribution is -0.00597. The summed E-state index contributed by atoms with van der Waals surface area (Å²) >= 11 is 0. The van der Waals surface area contributed by atoms with Crippen molar-refractivity contribution < 1.29 is 27.8 Å². The van der Waals surface area contributed by atoms with Gasteiger partial charge in [-0.25, -0.2) is 14.4 Å². The minimum absolute atomic E-state index is 0.0491. The van der Waals surface area contributed by atoms with Crippen LogP contribution in [-0.2, 0) is 12.3 Å². The molecule has 152 valence electrons. The van der Waals surface area contributed by atoms with Gasteiger partial charge in [-0.05, 0) is 18.6 Å². The van der Waals surface area contributed by atoms with E-state index in [2.05, 4.69) is 15.3 Å². The van der Waals surface area contributed by atoms with Gasteiger partial charge in [0.25, 0.3) is 11.8 Å².